The van der Waals surface area contributed by atoms with Crippen LogP contribution in [0.2, 0.25) is 0 Å². The van der Waals surface area contributed by atoms with Crippen LogP contribution in [0.4, 0.5) is 0 Å². The molecule has 0 aliphatic rings. The summed E-state index contributed by atoms with van der Waals surface area (Å²) in [5, 5.41) is 0. The molecule has 0 aliphatic carbocycles. The van der Waals surface area contributed by atoms with Crippen LogP contribution in [0.3, 0.4) is 0 Å². The molecule has 0 fully saturated rings. The summed E-state index contributed by atoms with van der Waals surface area (Å²) in [6.07, 6.45) is 0. The predicted octanol–water partition coefficient (Wildman–Crippen LogP) is 1.39. The molecule has 22 heavy (non-hydrogen) atoms. The summed E-state index contributed by atoms with van der Waals surface area (Å²) in [7, 11) is -3.59. The average Bonchev–Trinajstić information content (AvgIpc) is 2.52. The Labute approximate surface area is 132 Å². The maximum Gasteiger partial charge on any atom is 0.240 e. The standard InChI is InChI=1S/C14H16N2O4S2/c17-21(18)15-10-12-6-4-5-7-13(12)11-16-22(19,20)14-8-2-1-3-9-14/h1-9,15-16H,10-11H2,(H,17,18). The summed E-state index contributed by atoms with van der Waals surface area (Å²) < 4.78 is 48.7. The second-order valence-electron chi connectivity index (χ2n) is 4.48. The highest BCUT2D eigenvalue weighted by Crippen LogP contribution is 2.12. The third kappa shape index (κ3) is 4.72. The fourth-order valence-electron chi connectivity index (χ4n) is 1.90. The first-order valence-electron chi connectivity index (χ1n) is 6.45. The smallest absolute Gasteiger partial charge is 0.240 e. The number of hydrogen-bond acceptors (Lipinski definition) is 3. The van der Waals surface area contributed by atoms with Gasteiger partial charge in [-0.1, -0.05) is 42.5 Å². The van der Waals surface area contributed by atoms with Crippen LogP contribution >= 0.6 is 0 Å². The molecule has 3 N–H and O–H groups in total. The molecule has 2 aromatic carbocycles. The van der Waals surface area contributed by atoms with E-state index in [2.05, 4.69) is 9.44 Å². The van der Waals surface area contributed by atoms with Gasteiger partial charge in [-0.25, -0.2) is 22.1 Å². The molecular formula is C14H16N2O4S2. The predicted molar refractivity (Wildman–Crippen MR) is 84.5 cm³/mol. The lowest BCUT2D eigenvalue weighted by Crippen LogP contribution is -2.24. The minimum Gasteiger partial charge on any atom is -0.294 e. The summed E-state index contributed by atoms with van der Waals surface area (Å²) >= 11 is -2.11. The molecule has 1 unspecified atom stereocenters. The van der Waals surface area contributed by atoms with E-state index in [9.17, 15) is 12.6 Å². The Balaban J connectivity index is 2.10. The fraction of sp³-hybridized carbons (Fsp3) is 0.143. The Kier molecular flexibility index (Phi) is 5.81. The quantitative estimate of drug-likeness (QED) is 0.664. The van der Waals surface area contributed by atoms with Crippen LogP contribution in [-0.2, 0) is 34.4 Å². The van der Waals surface area contributed by atoms with Crippen LogP contribution in [0.5, 0.6) is 0 Å². The van der Waals surface area contributed by atoms with Gasteiger partial charge in [0.1, 0.15) is 0 Å². The fourth-order valence-corrected chi connectivity index (χ4v) is 3.20. The summed E-state index contributed by atoms with van der Waals surface area (Å²) in [5.74, 6) is 0. The van der Waals surface area contributed by atoms with Crippen molar-refractivity contribution >= 4 is 21.3 Å². The normalized spacial score (nSPS) is 13.0. The lowest BCUT2D eigenvalue weighted by molar-refractivity contribution is 0.548. The van der Waals surface area contributed by atoms with Gasteiger partial charge in [0.2, 0.25) is 21.3 Å². The molecule has 0 bridgehead atoms. The van der Waals surface area contributed by atoms with Crippen molar-refractivity contribution in [3.63, 3.8) is 0 Å². The highest BCUT2D eigenvalue weighted by atomic mass is 32.2. The summed E-state index contributed by atoms with van der Waals surface area (Å²) in [6.45, 7) is 0.277. The van der Waals surface area contributed by atoms with Gasteiger partial charge in [-0.15, -0.1) is 0 Å². The van der Waals surface area contributed by atoms with Crippen LogP contribution in [-0.4, -0.2) is 17.2 Å². The van der Waals surface area contributed by atoms with Gasteiger partial charge in [-0.2, -0.15) is 0 Å². The summed E-state index contributed by atoms with van der Waals surface area (Å²) in [5.41, 5.74) is 1.49. The number of rotatable bonds is 7. The van der Waals surface area contributed by atoms with Crippen molar-refractivity contribution in [1.82, 2.24) is 9.44 Å². The Bertz CT molecular complexity index is 748. The topological polar surface area (TPSA) is 95.5 Å². The van der Waals surface area contributed by atoms with Crippen molar-refractivity contribution in [2.24, 2.45) is 0 Å². The third-order valence-electron chi connectivity index (χ3n) is 3.01. The van der Waals surface area contributed by atoms with Crippen LogP contribution in [0, 0.1) is 0 Å². The molecule has 1 atom stereocenters. The second-order valence-corrected chi connectivity index (χ2v) is 7.03. The molecule has 0 saturated carbocycles. The largest absolute Gasteiger partial charge is 0.294 e. The molecule has 0 saturated heterocycles. The third-order valence-corrected chi connectivity index (χ3v) is 4.82. The molecule has 0 amide bonds. The maximum atomic E-state index is 12.2. The van der Waals surface area contributed by atoms with Gasteiger partial charge in [0.25, 0.3) is 0 Å². The Hall–Kier alpha value is -1.58. The van der Waals surface area contributed by atoms with E-state index in [0.29, 0.717) is 0 Å². The van der Waals surface area contributed by atoms with Crippen LogP contribution in [0.25, 0.3) is 0 Å². The van der Waals surface area contributed by atoms with E-state index in [0.717, 1.165) is 11.1 Å². The van der Waals surface area contributed by atoms with Gasteiger partial charge in [-0.05, 0) is 23.3 Å². The lowest BCUT2D eigenvalue weighted by Gasteiger charge is -2.11. The van der Waals surface area contributed by atoms with Gasteiger partial charge in [0, 0.05) is 13.1 Å². The van der Waals surface area contributed by atoms with Crippen LogP contribution in [0.1, 0.15) is 11.1 Å². The Morgan fingerprint density at radius 3 is 2.05 bits per heavy atom. The van der Waals surface area contributed by atoms with Crippen molar-refractivity contribution in [2.75, 3.05) is 0 Å². The molecule has 0 heterocycles. The van der Waals surface area contributed by atoms with Crippen molar-refractivity contribution in [1.29, 1.82) is 0 Å². The van der Waals surface area contributed by atoms with E-state index in [1.54, 1.807) is 42.5 Å². The molecule has 0 radical (unpaired) electrons. The van der Waals surface area contributed by atoms with Gasteiger partial charge in [-0.3, -0.25) is 4.55 Å². The van der Waals surface area contributed by atoms with E-state index in [-0.39, 0.29) is 18.0 Å². The maximum absolute atomic E-state index is 12.2. The van der Waals surface area contributed by atoms with Gasteiger partial charge >= 0.3 is 0 Å². The van der Waals surface area contributed by atoms with E-state index in [1.165, 1.54) is 12.1 Å². The molecule has 6 nitrogen and oxygen atoms in total. The molecule has 118 valence electrons. The van der Waals surface area contributed by atoms with Crippen molar-refractivity contribution < 1.29 is 17.2 Å². The molecule has 0 aliphatic heterocycles. The lowest BCUT2D eigenvalue weighted by atomic mass is 10.1. The zero-order valence-electron chi connectivity index (χ0n) is 11.6. The van der Waals surface area contributed by atoms with E-state index >= 15 is 0 Å². The molecule has 0 aromatic heterocycles. The number of hydrogen-bond donors (Lipinski definition) is 3. The Morgan fingerprint density at radius 1 is 0.909 bits per heavy atom. The SMILES string of the molecule is O=S(O)NCc1ccccc1CNS(=O)(=O)c1ccccc1. The molecule has 0 spiro atoms. The van der Waals surface area contributed by atoms with Crippen molar-refractivity contribution in [3.05, 3.63) is 65.7 Å². The molecule has 8 heteroatoms. The van der Waals surface area contributed by atoms with E-state index in [4.69, 9.17) is 4.55 Å². The van der Waals surface area contributed by atoms with Gasteiger partial charge in [0.05, 0.1) is 4.90 Å². The van der Waals surface area contributed by atoms with Crippen molar-refractivity contribution in [2.45, 2.75) is 18.0 Å². The minimum absolute atomic E-state index is 0.104. The van der Waals surface area contributed by atoms with Crippen LogP contribution in [0.15, 0.2) is 59.5 Å². The van der Waals surface area contributed by atoms with E-state index in [1.807, 2.05) is 0 Å². The van der Waals surface area contributed by atoms with Gasteiger partial charge < -0.3 is 0 Å². The van der Waals surface area contributed by atoms with E-state index < -0.39 is 21.3 Å². The summed E-state index contributed by atoms with van der Waals surface area (Å²) in [4.78, 5) is 0.196. The minimum atomic E-state index is -3.59. The first-order chi connectivity index (χ1) is 10.5. The zero-order valence-corrected chi connectivity index (χ0v) is 13.2. The highest BCUT2D eigenvalue weighted by molar-refractivity contribution is 7.89. The first-order valence-corrected chi connectivity index (χ1v) is 9.04. The Morgan fingerprint density at radius 2 is 1.45 bits per heavy atom. The number of nitrogens with one attached hydrogen (secondary N) is 2. The average molecular weight is 340 g/mol. The molecule has 2 aromatic rings. The second kappa shape index (κ2) is 7.61. The molecular weight excluding hydrogens is 324 g/mol. The zero-order chi connectivity index (χ0) is 16.0. The molecule has 2 rings (SSSR count). The van der Waals surface area contributed by atoms with Crippen molar-refractivity contribution in [3.8, 4) is 0 Å². The first kappa shape index (κ1) is 16.8. The monoisotopic (exact) mass is 340 g/mol. The number of benzene rings is 2. The van der Waals surface area contributed by atoms with Gasteiger partial charge in [0.15, 0.2) is 0 Å². The van der Waals surface area contributed by atoms with Crippen LogP contribution < -0.4 is 9.44 Å². The number of sulfonamides is 1. The summed E-state index contributed by atoms with van der Waals surface area (Å²) in [6, 6.07) is 15.2. The highest BCUT2D eigenvalue weighted by Gasteiger charge is 2.13.